The normalized spacial score (nSPS) is 17.4. The smallest absolute Gasteiger partial charge is 0.247 e. The van der Waals surface area contributed by atoms with Gasteiger partial charge in [-0.2, -0.15) is 0 Å². The van der Waals surface area contributed by atoms with Gasteiger partial charge in [0.2, 0.25) is 11.8 Å². The first-order valence-corrected chi connectivity index (χ1v) is 7.94. The van der Waals surface area contributed by atoms with Gasteiger partial charge in [-0.25, -0.2) is 0 Å². The molecule has 2 amide bonds. The highest BCUT2D eigenvalue weighted by Crippen LogP contribution is 2.28. The van der Waals surface area contributed by atoms with Crippen LogP contribution in [0.25, 0.3) is 0 Å². The summed E-state index contributed by atoms with van der Waals surface area (Å²) in [6.45, 7) is 0. The van der Waals surface area contributed by atoms with E-state index in [2.05, 4.69) is 5.32 Å². The molecular formula is C17H14Cl2N2O2. The van der Waals surface area contributed by atoms with Gasteiger partial charge in [0.25, 0.3) is 0 Å². The molecule has 4 nitrogen and oxygen atoms in total. The Labute approximate surface area is 144 Å². The molecule has 1 unspecified atom stereocenters. The number of halogens is 2. The van der Waals surface area contributed by atoms with Crippen molar-refractivity contribution in [2.24, 2.45) is 0 Å². The van der Waals surface area contributed by atoms with Crippen LogP contribution in [-0.2, 0) is 9.59 Å². The number of benzene rings is 2. The van der Waals surface area contributed by atoms with E-state index in [1.54, 1.807) is 48.5 Å². The summed E-state index contributed by atoms with van der Waals surface area (Å²) in [4.78, 5) is 26.2. The van der Waals surface area contributed by atoms with Gasteiger partial charge in [-0.05, 0) is 55.0 Å². The average Bonchev–Trinajstić information content (AvgIpc) is 2.92. The maximum absolute atomic E-state index is 12.5. The highest BCUT2D eigenvalue weighted by molar-refractivity contribution is 6.31. The zero-order chi connectivity index (χ0) is 16.4. The second-order valence-corrected chi connectivity index (χ2v) is 6.16. The predicted molar refractivity (Wildman–Crippen MR) is 92.0 cm³/mol. The number of carbonyl (C=O) groups is 2. The number of nitrogens with one attached hydrogen (secondary N) is 1. The van der Waals surface area contributed by atoms with Crippen molar-refractivity contribution in [1.29, 1.82) is 0 Å². The van der Waals surface area contributed by atoms with Gasteiger partial charge in [-0.3, -0.25) is 14.5 Å². The Bertz CT molecular complexity index is 729. The Balaban J connectivity index is 1.79. The molecule has 23 heavy (non-hydrogen) atoms. The van der Waals surface area contributed by atoms with Crippen molar-refractivity contribution in [3.8, 4) is 0 Å². The molecule has 1 heterocycles. The first-order chi connectivity index (χ1) is 11.0. The fraction of sp³-hybridized carbons (Fsp3) is 0.176. The van der Waals surface area contributed by atoms with E-state index in [9.17, 15) is 9.59 Å². The van der Waals surface area contributed by atoms with Crippen LogP contribution >= 0.6 is 23.2 Å². The number of carbonyl (C=O) groups excluding carboxylic acids is 2. The van der Waals surface area contributed by atoms with Gasteiger partial charge in [-0.1, -0.05) is 23.2 Å². The van der Waals surface area contributed by atoms with Gasteiger partial charge in [0, 0.05) is 27.8 Å². The fourth-order valence-electron chi connectivity index (χ4n) is 2.62. The van der Waals surface area contributed by atoms with Crippen LogP contribution in [0, 0.1) is 0 Å². The molecule has 0 aliphatic carbocycles. The fourth-order valence-corrected chi connectivity index (χ4v) is 2.87. The van der Waals surface area contributed by atoms with E-state index >= 15 is 0 Å². The minimum Gasteiger partial charge on any atom is -0.324 e. The zero-order valence-corrected chi connectivity index (χ0v) is 13.6. The van der Waals surface area contributed by atoms with E-state index in [0.29, 0.717) is 34.3 Å². The third-order valence-electron chi connectivity index (χ3n) is 3.73. The summed E-state index contributed by atoms with van der Waals surface area (Å²) in [6, 6.07) is 13.2. The van der Waals surface area contributed by atoms with Crippen molar-refractivity contribution in [2.75, 3.05) is 10.2 Å². The average molecular weight is 349 g/mol. The van der Waals surface area contributed by atoms with Crippen LogP contribution in [0.1, 0.15) is 12.8 Å². The summed E-state index contributed by atoms with van der Waals surface area (Å²) in [5, 5.41) is 4.01. The summed E-state index contributed by atoms with van der Waals surface area (Å²) in [5.74, 6) is -0.281. The van der Waals surface area contributed by atoms with Crippen molar-refractivity contribution in [3.63, 3.8) is 0 Å². The van der Waals surface area contributed by atoms with Crippen molar-refractivity contribution in [1.82, 2.24) is 0 Å². The van der Waals surface area contributed by atoms with Gasteiger partial charge in [0.1, 0.15) is 6.04 Å². The Morgan fingerprint density at radius 1 is 1.00 bits per heavy atom. The molecular weight excluding hydrogens is 335 g/mol. The molecule has 2 aromatic carbocycles. The molecule has 1 aliphatic heterocycles. The van der Waals surface area contributed by atoms with Gasteiger partial charge >= 0.3 is 0 Å². The van der Waals surface area contributed by atoms with E-state index < -0.39 is 6.04 Å². The topological polar surface area (TPSA) is 49.4 Å². The largest absolute Gasteiger partial charge is 0.324 e. The monoisotopic (exact) mass is 348 g/mol. The highest BCUT2D eigenvalue weighted by atomic mass is 35.5. The van der Waals surface area contributed by atoms with Crippen LogP contribution in [-0.4, -0.2) is 17.9 Å². The molecule has 3 rings (SSSR count). The second-order valence-electron chi connectivity index (χ2n) is 5.29. The summed E-state index contributed by atoms with van der Waals surface area (Å²) >= 11 is 11.7. The number of hydrogen-bond acceptors (Lipinski definition) is 2. The van der Waals surface area contributed by atoms with Crippen LogP contribution in [0.15, 0.2) is 48.5 Å². The molecule has 6 heteroatoms. The van der Waals surface area contributed by atoms with Crippen LogP contribution < -0.4 is 10.2 Å². The Morgan fingerprint density at radius 2 is 1.57 bits per heavy atom. The quantitative estimate of drug-likeness (QED) is 0.906. The number of nitrogens with zero attached hydrogens (tertiary/aromatic N) is 1. The van der Waals surface area contributed by atoms with Crippen LogP contribution in [0.2, 0.25) is 10.0 Å². The Hall–Kier alpha value is -2.04. The first-order valence-electron chi connectivity index (χ1n) is 7.18. The number of anilines is 2. The van der Waals surface area contributed by atoms with E-state index in [-0.39, 0.29) is 11.8 Å². The SMILES string of the molecule is O=C(Nc1ccc(Cl)cc1)C1CCC(=O)N1c1ccc(Cl)cc1. The zero-order valence-electron chi connectivity index (χ0n) is 12.1. The minimum atomic E-state index is -0.528. The number of amides is 2. The minimum absolute atomic E-state index is 0.0661. The molecule has 1 aliphatic rings. The van der Waals surface area contributed by atoms with Crippen LogP contribution in [0.4, 0.5) is 11.4 Å². The molecule has 0 saturated carbocycles. The molecule has 2 aromatic rings. The lowest BCUT2D eigenvalue weighted by molar-refractivity contribution is -0.120. The second kappa shape index (κ2) is 6.60. The van der Waals surface area contributed by atoms with Gasteiger partial charge < -0.3 is 5.32 Å². The van der Waals surface area contributed by atoms with Crippen molar-refractivity contribution < 1.29 is 9.59 Å². The lowest BCUT2D eigenvalue weighted by atomic mass is 10.2. The maximum Gasteiger partial charge on any atom is 0.247 e. The number of rotatable bonds is 3. The molecule has 0 spiro atoms. The lowest BCUT2D eigenvalue weighted by Crippen LogP contribution is -2.41. The van der Waals surface area contributed by atoms with E-state index in [1.165, 1.54) is 4.90 Å². The summed E-state index contributed by atoms with van der Waals surface area (Å²) < 4.78 is 0. The maximum atomic E-state index is 12.5. The van der Waals surface area contributed by atoms with Gasteiger partial charge in [-0.15, -0.1) is 0 Å². The lowest BCUT2D eigenvalue weighted by Gasteiger charge is -2.24. The van der Waals surface area contributed by atoms with Crippen molar-refractivity contribution in [2.45, 2.75) is 18.9 Å². The van der Waals surface area contributed by atoms with E-state index in [1.807, 2.05) is 0 Å². The summed E-state index contributed by atoms with van der Waals surface area (Å²) in [6.07, 6.45) is 0.836. The van der Waals surface area contributed by atoms with Crippen LogP contribution in [0.3, 0.4) is 0 Å². The van der Waals surface area contributed by atoms with Crippen molar-refractivity contribution in [3.05, 3.63) is 58.6 Å². The molecule has 0 bridgehead atoms. The molecule has 1 fully saturated rings. The molecule has 1 atom stereocenters. The van der Waals surface area contributed by atoms with Gasteiger partial charge in [0.05, 0.1) is 0 Å². The standard InChI is InChI=1S/C17H14Cl2N2O2/c18-11-1-5-13(6-2-11)20-17(23)15-9-10-16(22)21(15)14-7-3-12(19)4-8-14/h1-8,15H,9-10H2,(H,20,23). The van der Waals surface area contributed by atoms with E-state index in [0.717, 1.165) is 0 Å². The van der Waals surface area contributed by atoms with Crippen LogP contribution in [0.5, 0.6) is 0 Å². The van der Waals surface area contributed by atoms with Crippen molar-refractivity contribution >= 4 is 46.4 Å². The predicted octanol–water partition coefficient (Wildman–Crippen LogP) is 4.13. The Morgan fingerprint density at radius 3 is 2.17 bits per heavy atom. The van der Waals surface area contributed by atoms with E-state index in [4.69, 9.17) is 23.2 Å². The third-order valence-corrected chi connectivity index (χ3v) is 4.24. The molecule has 1 saturated heterocycles. The highest BCUT2D eigenvalue weighted by Gasteiger charge is 2.37. The first kappa shape index (κ1) is 15.8. The molecule has 118 valence electrons. The third kappa shape index (κ3) is 3.49. The Kier molecular flexibility index (Phi) is 4.55. The summed E-state index contributed by atoms with van der Waals surface area (Å²) in [5.41, 5.74) is 1.32. The van der Waals surface area contributed by atoms with Gasteiger partial charge in [0.15, 0.2) is 0 Å². The summed E-state index contributed by atoms with van der Waals surface area (Å²) in [7, 11) is 0. The molecule has 0 radical (unpaired) electrons. The molecule has 1 N–H and O–H groups in total. The molecule has 0 aromatic heterocycles. The number of hydrogen-bond donors (Lipinski definition) is 1.